The zero-order chi connectivity index (χ0) is 13.9. The smallest absolute Gasteiger partial charge is 0.125 e. The normalized spacial score (nSPS) is 28.3. The van der Waals surface area contributed by atoms with Gasteiger partial charge >= 0.3 is 0 Å². The molecule has 0 radical (unpaired) electrons. The highest BCUT2D eigenvalue weighted by Gasteiger charge is 2.31. The topological polar surface area (TPSA) is 41.1 Å². The van der Waals surface area contributed by atoms with Crippen molar-refractivity contribution in [2.75, 3.05) is 20.1 Å². The van der Waals surface area contributed by atoms with Gasteiger partial charge in [-0.25, -0.2) is 9.97 Å². The molecule has 0 spiro atoms. The Bertz CT molecular complexity index is 444. The third kappa shape index (κ3) is 3.36. The van der Waals surface area contributed by atoms with Gasteiger partial charge in [-0.1, -0.05) is 6.42 Å². The van der Waals surface area contributed by atoms with Crippen molar-refractivity contribution < 1.29 is 0 Å². The summed E-state index contributed by atoms with van der Waals surface area (Å²) in [6, 6.07) is 3.32. The highest BCUT2D eigenvalue weighted by molar-refractivity contribution is 5.10. The van der Waals surface area contributed by atoms with Crippen LogP contribution in [0.4, 0.5) is 0 Å². The summed E-state index contributed by atoms with van der Waals surface area (Å²) in [6.45, 7) is 4.29. The van der Waals surface area contributed by atoms with Crippen molar-refractivity contribution in [3.63, 3.8) is 0 Å². The van der Waals surface area contributed by atoms with Gasteiger partial charge in [0.1, 0.15) is 5.82 Å². The Morgan fingerprint density at radius 1 is 1.30 bits per heavy atom. The fourth-order valence-corrected chi connectivity index (χ4v) is 3.35. The molecule has 2 heterocycles. The van der Waals surface area contributed by atoms with Gasteiger partial charge in [-0.3, -0.25) is 4.90 Å². The van der Waals surface area contributed by atoms with Gasteiger partial charge in [-0.05, 0) is 58.2 Å². The molecule has 1 aromatic rings. The summed E-state index contributed by atoms with van der Waals surface area (Å²) in [6.07, 6.45) is 8.57. The minimum Gasteiger partial charge on any atom is -0.314 e. The Kier molecular flexibility index (Phi) is 4.32. The maximum atomic E-state index is 4.70. The fourth-order valence-electron chi connectivity index (χ4n) is 3.35. The average molecular weight is 274 g/mol. The lowest BCUT2D eigenvalue weighted by atomic mass is 9.92. The molecule has 1 saturated carbocycles. The number of hydrogen-bond donors (Lipinski definition) is 1. The van der Waals surface area contributed by atoms with Crippen molar-refractivity contribution >= 4 is 0 Å². The van der Waals surface area contributed by atoms with Crippen LogP contribution in [0.1, 0.15) is 49.7 Å². The molecule has 2 atom stereocenters. The van der Waals surface area contributed by atoms with E-state index in [9.17, 15) is 0 Å². The lowest BCUT2D eigenvalue weighted by molar-refractivity contribution is 0.184. The molecule has 2 fully saturated rings. The monoisotopic (exact) mass is 274 g/mol. The van der Waals surface area contributed by atoms with Crippen LogP contribution in [-0.4, -0.2) is 41.0 Å². The molecular formula is C16H26N4. The van der Waals surface area contributed by atoms with Gasteiger partial charge in [0.25, 0.3) is 0 Å². The summed E-state index contributed by atoms with van der Waals surface area (Å²) in [4.78, 5) is 11.4. The SMILES string of the molecule is Cc1nccc(C2C(CNC3CC3)CCCCN2C)n1. The second kappa shape index (κ2) is 6.19. The first-order chi connectivity index (χ1) is 9.74. The molecule has 3 rings (SSSR count). The highest BCUT2D eigenvalue weighted by atomic mass is 15.2. The van der Waals surface area contributed by atoms with Crippen LogP contribution in [0.2, 0.25) is 0 Å². The largest absolute Gasteiger partial charge is 0.314 e. The van der Waals surface area contributed by atoms with Crippen molar-refractivity contribution in [1.82, 2.24) is 20.2 Å². The van der Waals surface area contributed by atoms with Crippen LogP contribution in [0, 0.1) is 12.8 Å². The van der Waals surface area contributed by atoms with E-state index in [1.165, 1.54) is 44.3 Å². The molecule has 1 N–H and O–H groups in total. The first-order valence-electron chi connectivity index (χ1n) is 7.97. The van der Waals surface area contributed by atoms with Gasteiger partial charge in [-0.2, -0.15) is 0 Å². The molecule has 0 bridgehead atoms. The molecule has 0 amide bonds. The number of hydrogen-bond acceptors (Lipinski definition) is 4. The molecule has 110 valence electrons. The van der Waals surface area contributed by atoms with E-state index in [1.807, 2.05) is 13.1 Å². The minimum absolute atomic E-state index is 0.436. The Morgan fingerprint density at radius 2 is 2.15 bits per heavy atom. The summed E-state index contributed by atoms with van der Waals surface area (Å²) in [5.74, 6) is 1.55. The van der Waals surface area contributed by atoms with Gasteiger partial charge in [0, 0.05) is 18.8 Å². The van der Waals surface area contributed by atoms with Crippen LogP contribution in [-0.2, 0) is 0 Å². The van der Waals surface area contributed by atoms with Gasteiger partial charge in [0.05, 0.1) is 11.7 Å². The lowest BCUT2D eigenvalue weighted by Crippen LogP contribution is -2.36. The van der Waals surface area contributed by atoms with Crippen LogP contribution in [0.5, 0.6) is 0 Å². The molecule has 1 aliphatic heterocycles. The van der Waals surface area contributed by atoms with E-state index in [1.54, 1.807) is 0 Å². The highest BCUT2D eigenvalue weighted by Crippen LogP contribution is 2.33. The molecule has 0 aromatic carbocycles. The number of nitrogens with one attached hydrogen (secondary N) is 1. The van der Waals surface area contributed by atoms with E-state index < -0.39 is 0 Å². The molecular weight excluding hydrogens is 248 g/mol. The van der Waals surface area contributed by atoms with Gasteiger partial charge < -0.3 is 5.32 Å². The summed E-state index contributed by atoms with van der Waals surface area (Å²) in [5.41, 5.74) is 1.20. The van der Waals surface area contributed by atoms with Crippen molar-refractivity contribution in [3.05, 3.63) is 23.8 Å². The maximum absolute atomic E-state index is 4.70. The molecule has 2 aliphatic rings. The third-order valence-electron chi connectivity index (χ3n) is 4.60. The number of rotatable bonds is 4. The number of aryl methyl sites for hydroxylation is 1. The third-order valence-corrected chi connectivity index (χ3v) is 4.60. The van der Waals surface area contributed by atoms with E-state index in [0.717, 1.165) is 18.4 Å². The van der Waals surface area contributed by atoms with E-state index in [0.29, 0.717) is 12.0 Å². The number of nitrogens with zero attached hydrogens (tertiary/aromatic N) is 3. The van der Waals surface area contributed by atoms with E-state index in [2.05, 4.69) is 28.3 Å². The Hall–Kier alpha value is -1.00. The standard InChI is InChI=1S/C16H26N4/c1-12-17-9-8-15(19-12)16-13(11-18-14-6-7-14)5-3-4-10-20(16)2/h8-9,13-14,16,18H,3-7,10-11H2,1-2H3. The molecule has 2 unspecified atom stereocenters. The fraction of sp³-hybridized carbons (Fsp3) is 0.750. The predicted molar refractivity (Wildman–Crippen MR) is 80.5 cm³/mol. The van der Waals surface area contributed by atoms with Gasteiger partial charge in [0.15, 0.2) is 0 Å². The minimum atomic E-state index is 0.436. The van der Waals surface area contributed by atoms with Crippen molar-refractivity contribution in [2.45, 2.75) is 51.1 Å². The first-order valence-corrected chi connectivity index (χ1v) is 7.97. The quantitative estimate of drug-likeness (QED) is 0.915. The van der Waals surface area contributed by atoms with E-state index >= 15 is 0 Å². The summed E-state index contributed by atoms with van der Waals surface area (Å²) >= 11 is 0. The second-order valence-electron chi connectivity index (χ2n) is 6.39. The Labute approximate surface area is 122 Å². The molecule has 4 heteroatoms. The van der Waals surface area contributed by atoms with Gasteiger partial charge in [-0.15, -0.1) is 0 Å². The Balaban J connectivity index is 1.79. The van der Waals surface area contributed by atoms with Crippen LogP contribution in [0.3, 0.4) is 0 Å². The average Bonchev–Trinajstić information content (AvgIpc) is 3.24. The first kappa shape index (κ1) is 14.0. The molecule has 1 aromatic heterocycles. The maximum Gasteiger partial charge on any atom is 0.125 e. The van der Waals surface area contributed by atoms with Gasteiger partial charge in [0.2, 0.25) is 0 Å². The van der Waals surface area contributed by atoms with Crippen LogP contribution < -0.4 is 5.32 Å². The Morgan fingerprint density at radius 3 is 2.90 bits per heavy atom. The van der Waals surface area contributed by atoms with Crippen LogP contribution in [0.15, 0.2) is 12.3 Å². The molecule has 4 nitrogen and oxygen atoms in total. The molecule has 20 heavy (non-hydrogen) atoms. The van der Waals surface area contributed by atoms with Crippen molar-refractivity contribution in [2.24, 2.45) is 5.92 Å². The zero-order valence-corrected chi connectivity index (χ0v) is 12.7. The molecule has 1 saturated heterocycles. The summed E-state index contributed by atoms with van der Waals surface area (Å²) in [5, 5.41) is 3.72. The van der Waals surface area contributed by atoms with E-state index in [-0.39, 0.29) is 0 Å². The number of likely N-dealkylation sites (tertiary alicyclic amines) is 1. The summed E-state index contributed by atoms with van der Waals surface area (Å²) in [7, 11) is 2.25. The van der Waals surface area contributed by atoms with Crippen molar-refractivity contribution in [1.29, 1.82) is 0 Å². The molecule has 1 aliphatic carbocycles. The predicted octanol–water partition coefficient (Wildman–Crippen LogP) is 2.31. The number of aromatic nitrogens is 2. The zero-order valence-electron chi connectivity index (χ0n) is 12.7. The summed E-state index contributed by atoms with van der Waals surface area (Å²) < 4.78 is 0. The van der Waals surface area contributed by atoms with Crippen LogP contribution >= 0.6 is 0 Å². The van der Waals surface area contributed by atoms with Crippen molar-refractivity contribution in [3.8, 4) is 0 Å². The van der Waals surface area contributed by atoms with E-state index in [4.69, 9.17) is 4.98 Å². The van der Waals surface area contributed by atoms with Crippen LogP contribution in [0.25, 0.3) is 0 Å². The second-order valence-corrected chi connectivity index (χ2v) is 6.39. The lowest BCUT2D eigenvalue weighted by Gasteiger charge is -2.32.